The predicted octanol–water partition coefficient (Wildman–Crippen LogP) is 8.82. The van der Waals surface area contributed by atoms with Crippen LogP contribution in [0.4, 0.5) is 17.1 Å². The van der Waals surface area contributed by atoms with Gasteiger partial charge >= 0.3 is 0 Å². The van der Waals surface area contributed by atoms with Crippen LogP contribution in [0, 0.1) is 6.92 Å². The van der Waals surface area contributed by atoms with Crippen molar-refractivity contribution in [3.8, 4) is 34.0 Å². The number of aromatic nitrogens is 3. The van der Waals surface area contributed by atoms with E-state index in [2.05, 4.69) is 161 Å². The Balaban J connectivity index is 1.28. The zero-order valence-corrected chi connectivity index (χ0v) is 27.1. The molecule has 3 aliphatic rings. The van der Waals surface area contributed by atoms with Gasteiger partial charge < -0.3 is 14.2 Å². The van der Waals surface area contributed by atoms with Crippen LogP contribution in [0.15, 0.2) is 146 Å². The number of hydrogen-bond donors (Lipinski definition) is 0. The molecule has 0 radical (unpaired) electrons. The minimum atomic E-state index is -0.0254. The van der Waals surface area contributed by atoms with E-state index in [-0.39, 0.29) is 6.71 Å². The number of para-hydroxylation sites is 5. The molecule has 5 nitrogen and oxygen atoms in total. The van der Waals surface area contributed by atoms with Gasteiger partial charge in [-0.15, -0.1) is 0 Å². The minimum Gasteiger partial charge on any atom is -0.453 e. The van der Waals surface area contributed by atoms with Crippen molar-refractivity contribution in [3.63, 3.8) is 0 Å². The van der Waals surface area contributed by atoms with E-state index >= 15 is 0 Å². The van der Waals surface area contributed by atoms with Gasteiger partial charge in [-0.2, -0.15) is 5.10 Å². The monoisotopic (exact) mass is 638 g/mol. The molecule has 0 spiro atoms. The van der Waals surface area contributed by atoms with Gasteiger partial charge in [-0.05, 0) is 89.0 Å². The number of aryl methyl sites for hydroxylation is 1. The molecule has 0 atom stereocenters. The lowest BCUT2D eigenvalue weighted by Gasteiger charge is -2.43. The largest absolute Gasteiger partial charge is 0.453 e. The van der Waals surface area contributed by atoms with Crippen LogP contribution < -0.4 is 26.0 Å². The first-order chi connectivity index (χ1) is 24.7. The van der Waals surface area contributed by atoms with Crippen molar-refractivity contribution in [2.45, 2.75) is 6.92 Å². The van der Waals surface area contributed by atoms with Gasteiger partial charge in [0.05, 0.1) is 39.3 Å². The van der Waals surface area contributed by atoms with Crippen LogP contribution in [0.5, 0.6) is 11.5 Å². The van der Waals surface area contributed by atoms with Gasteiger partial charge in [0, 0.05) is 27.5 Å². The summed E-state index contributed by atoms with van der Waals surface area (Å²) in [6.07, 6.45) is 0. The molecular formula is C44H27BN4O. The summed E-state index contributed by atoms with van der Waals surface area (Å²) in [5, 5.41) is 9.12. The summed E-state index contributed by atoms with van der Waals surface area (Å²) in [6.45, 7) is 2.15. The summed E-state index contributed by atoms with van der Waals surface area (Å²) >= 11 is 0. The molecule has 3 aliphatic heterocycles. The van der Waals surface area contributed by atoms with Crippen LogP contribution in [0.3, 0.4) is 0 Å². The normalized spacial score (nSPS) is 13.4. The molecule has 9 aromatic rings. The Morgan fingerprint density at radius 3 is 2.20 bits per heavy atom. The van der Waals surface area contributed by atoms with E-state index < -0.39 is 0 Å². The molecule has 50 heavy (non-hydrogen) atoms. The molecule has 0 aliphatic carbocycles. The van der Waals surface area contributed by atoms with Gasteiger partial charge in [0.15, 0.2) is 11.5 Å². The smallest absolute Gasteiger partial charge is 0.252 e. The molecule has 0 bridgehead atoms. The second kappa shape index (κ2) is 9.33. The van der Waals surface area contributed by atoms with E-state index in [9.17, 15) is 0 Å². The van der Waals surface area contributed by atoms with E-state index in [0.717, 1.165) is 51.2 Å². The molecule has 2 aromatic heterocycles. The van der Waals surface area contributed by atoms with Gasteiger partial charge in [0.25, 0.3) is 6.71 Å². The fourth-order valence-electron chi connectivity index (χ4n) is 9.08. The Morgan fingerprint density at radius 1 is 0.580 bits per heavy atom. The SMILES string of the molecule is Cc1nn2c3c(cc4c(c5ccccc5n4-c4ccccc4)c13)B1c3cccc4c3N(c3ccccc3O4)c3cc(-c4ccccc4)cc-2c31. The third-order valence-electron chi connectivity index (χ3n) is 11.0. The average molecular weight is 639 g/mol. The summed E-state index contributed by atoms with van der Waals surface area (Å²) in [6, 6.07) is 52.4. The maximum Gasteiger partial charge on any atom is 0.252 e. The molecule has 0 fully saturated rings. The summed E-state index contributed by atoms with van der Waals surface area (Å²) < 4.78 is 11.3. The number of rotatable bonds is 2. The van der Waals surface area contributed by atoms with Gasteiger partial charge in [-0.1, -0.05) is 91.0 Å². The number of nitrogens with zero attached hydrogens (tertiary/aromatic N) is 4. The third kappa shape index (κ3) is 3.21. The number of anilines is 3. The third-order valence-corrected chi connectivity index (χ3v) is 11.0. The van der Waals surface area contributed by atoms with Gasteiger partial charge in [0.1, 0.15) is 0 Å². The van der Waals surface area contributed by atoms with Crippen LogP contribution in [-0.4, -0.2) is 21.1 Å². The van der Waals surface area contributed by atoms with Crippen LogP contribution in [0.1, 0.15) is 5.69 Å². The summed E-state index contributed by atoms with van der Waals surface area (Å²) in [4.78, 5) is 2.43. The molecule has 232 valence electrons. The number of fused-ring (bicyclic) bond motifs is 10. The molecule has 0 unspecified atom stereocenters. The highest BCUT2D eigenvalue weighted by Crippen LogP contribution is 2.52. The maximum absolute atomic E-state index is 6.67. The Morgan fingerprint density at radius 2 is 1.32 bits per heavy atom. The summed E-state index contributed by atoms with van der Waals surface area (Å²) in [5.74, 6) is 1.74. The molecule has 5 heterocycles. The van der Waals surface area contributed by atoms with Gasteiger partial charge in [-0.3, -0.25) is 0 Å². The van der Waals surface area contributed by atoms with Crippen LogP contribution in [-0.2, 0) is 0 Å². The van der Waals surface area contributed by atoms with Gasteiger partial charge in [0.2, 0.25) is 0 Å². The van der Waals surface area contributed by atoms with E-state index in [4.69, 9.17) is 9.84 Å². The first kappa shape index (κ1) is 26.4. The van der Waals surface area contributed by atoms with Crippen LogP contribution >= 0.6 is 0 Å². The molecular weight excluding hydrogens is 611 g/mol. The first-order valence-corrected chi connectivity index (χ1v) is 17.2. The number of hydrogen-bond acceptors (Lipinski definition) is 3. The first-order valence-electron chi connectivity index (χ1n) is 17.2. The molecule has 0 N–H and O–H groups in total. The lowest BCUT2D eigenvalue weighted by Crippen LogP contribution is -2.60. The molecule has 0 saturated carbocycles. The van der Waals surface area contributed by atoms with Gasteiger partial charge in [-0.25, -0.2) is 4.68 Å². The molecule has 0 amide bonds. The zero-order chi connectivity index (χ0) is 32.7. The fourth-order valence-corrected chi connectivity index (χ4v) is 9.08. The second-order valence-corrected chi connectivity index (χ2v) is 13.6. The predicted molar refractivity (Wildman–Crippen MR) is 205 cm³/mol. The quantitative estimate of drug-likeness (QED) is 0.178. The van der Waals surface area contributed by atoms with E-state index in [1.54, 1.807) is 0 Å². The van der Waals surface area contributed by atoms with Crippen molar-refractivity contribution in [1.29, 1.82) is 0 Å². The topological polar surface area (TPSA) is 35.2 Å². The molecule has 0 saturated heterocycles. The van der Waals surface area contributed by atoms with E-state index in [0.29, 0.717) is 0 Å². The highest BCUT2D eigenvalue weighted by Gasteiger charge is 2.45. The van der Waals surface area contributed by atoms with Crippen molar-refractivity contribution in [3.05, 3.63) is 151 Å². The summed E-state index contributed by atoms with van der Waals surface area (Å²) in [7, 11) is 0. The number of benzene rings is 7. The molecule has 12 rings (SSSR count). The van der Waals surface area contributed by atoms with Crippen molar-refractivity contribution < 1.29 is 4.74 Å². The lowest BCUT2D eigenvalue weighted by atomic mass is 9.33. The molecule has 6 heteroatoms. The Hall–Kier alpha value is -6.53. The summed E-state index contributed by atoms with van der Waals surface area (Å²) in [5.41, 5.74) is 16.3. The van der Waals surface area contributed by atoms with E-state index in [1.807, 2.05) is 6.07 Å². The van der Waals surface area contributed by atoms with Crippen molar-refractivity contribution in [2.75, 3.05) is 4.90 Å². The molecule has 7 aromatic carbocycles. The fraction of sp³-hybridized carbons (Fsp3) is 0.0227. The van der Waals surface area contributed by atoms with Crippen molar-refractivity contribution in [2.24, 2.45) is 0 Å². The van der Waals surface area contributed by atoms with E-state index in [1.165, 1.54) is 54.7 Å². The zero-order valence-electron chi connectivity index (χ0n) is 27.1. The minimum absolute atomic E-state index is 0.0254. The van der Waals surface area contributed by atoms with Crippen molar-refractivity contribution in [1.82, 2.24) is 14.3 Å². The Bertz CT molecular complexity index is 2930. The highest BCUT2D eigenvalue weighted by molar-refractivity contribution is 7.00. The standard InChI is InChI=1S/C44H27BN4O/c1-26-40-41-30-17-8-9-19-33(30)47(29-15-6-3-7-16-29)35(41)25-32-44(40)49(46-26)37-24-28(27-13-4-2-5-14-27)23-36-42(37)45(32)31-18-12-22-39-43(31)48(36)34-20-10-11-21-38(34)50-39/h2-25H,1H3. The van der Waals surface area contributed by atoms with Crippen LogP contribution in [0.25, 0.3) is 55.2 Å². The van der Waals surface area contributed by atoms with Crippen molar-refractivity contribution >= 4 is 72.9 Å². The highest BCUT2D eigenvalue weighted by atomic mass is 16.5. The van der Waals surface area contributed by atoms with Crippen LogP contribution in [0.2, 0.25) is 0 Å². The second-order valence-electron chi connectivity index (χ2n) is 13.6. The maximum atomic E-state index is 6.67. The average Bonchev–Trinajstić information content (AvgIpc) is 3.69. The Labute approximate surface area is 288 Å². The Kier molecular flexibility index (Phi) is 4.93. The lowest BCUT2D eigenvalue weighted by molar-refractivity contribution is 0.477. The number of ether oxygens (including phenoxy) is 1.